The second kappa shape index (κ2) is 5.83. The number of carboxylic acids is 1. The molecule has 0 amide bonds. The summed E-state index contributed by atoms with van der Waals surface area (Å²) in [6.45, 7) is 5.20. The summed E-state index contributed by atoms with van der Waals surface area (Å²) in [5, 5.41) is 21.0. The van der Waals surface area contributed by atoms with Gasteiger partial charge in [0.25, 0.3) is 0 Å². The zero-order valence-electron chi connectivity index (χ0n) is 11.7. The van der Waals surface area contributed by atoms with E-state index in [-0.39, 0.29) is 12.3 Å². The van der Waals surface area contributed by atoms with E-state index in [1.807, 2.05) is 24.6 Å². The number of carboxylic acid groups (broad SMARTS) is 1. The van der Waals surface area contributed by atoms with E-state index in [1.165, 1.54) is 11.8 Å². The number of hydrogen-bond donors (Lipinski definition) is 1. The fraction of sp³-hybridized carbons (Fsp3) is 0.500. The maximum atomic E-state index is 11.1. The van der Waals surface area contributed by atoms with Gasteiger partial charge in [-0.05, 0) is 19.9 Å². The molecule has 0 aliphatic heterocycles. The van der Waals surface area contributed by atoms with Gasteiger partial charge in [-0.3, -0.25) is 4.68 Å². The first kappa shape index (κ1) is 14.2. The van der Waals surface area contributed by atoms with Gasteiger partial charge in [0.2, 0.25) is 0 Å². The molecular weight excluding hydrogens is 262 g/mol. The predicted octanol–water partition coefficient (Wildman–Crippen LogP) is 0.696. The first-order valence-corrected chi connectivity index (χ1v) is 6.24. The van der Waals surface area contributed by atoms with E-state index in [1.54, 1.807) is 0 Å². The highest BCUT2D eigenvalue weighted by Crippen LogP contribution is 2.11. The summed E-state index contributed by atoms with van der Waals surface area (Å²) in [5.74, 6) is -1.11. The number of hydrogen-bond acceptors (Lipinski definition) is 5. The summed E-state index contributed by atoms with van der Waals surface area (Å²) in [7, 11) is 1.50. The van der Waals surface area contributed by atoms with Crippen molar-refractivity contribution in [1.82, 2.24) is 24.8 Å². The van der Waals surface area contributed by atoms with Gasteiger partial charge < -0.3 is 9.84 Å². The molecule has 0 aliphatic carbocycles. The Labute approximate surface area is 116 Å². The molecule has 2 heterocycles. The van der Waals surface area contributed by atoms with Crippen LogP contribution >= 0.6 is 0 Å². The summed E-state index contributed by atoms with van der Waals surface area (Å²) < 4.78 is 8.42. The molecule has 2 aromatic rings. The largest absolute Gasteiger partial charge is 0.476 e. The van der Waals surface area contributed by atoms with Crippen LogP contribution in [0, 0.1) is 6.92 Å². The standard InChI is InChI=1S/C12H17N5O3/c1-4-16-9(5-8(2)14-16)6-17-10(7-20-3)11(12(18)19)13-15-17/h5H,4,6-7H2,1-3H3,(H,18,19). The monoisotopic (exact) mass is 279 g/mol. The molecule has 0 atom stereocenters. The molecule has 0 bridgehead atoms. The van der Waals surface area contributed by atoms with Crippen molar-refractivity contribution < 1.29 is 14.6 Å². The molecule has 20 heavy (non-hydrogen) atoms. The smallest absolute Gasteiger partial charge is 0.358 e. The molecular formula is C12H17N5O3. The van der Waals surface area contributed by atoms with Crippen LogP contribution in [0.3, 0.4) is 0 Å². The van der Waals surface area contributed by atoms with Crippen molar-refractivity contribution >= 4 is 5.97 Å². The van der Waals surface area contributed by atoms with Crippen LogP contribution in [0.4, 0.5) is 0 Å². The molecule has 0 saturated carbocycles. The number of ether oxygens (including phenoxy) is 1. The van der Waals surface area contributed by atoms with Crippen LogP contribution in [0.1, 0.15) is 34.5 Å². The highest BCUT2D eigenvalue weighted by atomic mass is 16.5. The minimum absolute atomic E-state index is 0.0777. The van der Waals surface area contributed by atoms with Crippen LogP contribution in [0.5, 0.6) is 0 Å². The average molecular weight is 279 g/mol. The Kier molecular flexibility index (Phi) is 4.14. The van der Waals surface area contributed by atoms with Crippen LogP contribution in [-0.2, 0) is 24.4 Å². The molecule has 0 radical (unpaired) electrons. The van der Waals surface area contributed by atoms with Gasteiger partial charge in [0.15, 0.2) is 5.69 Å². The third kappa shape index (κ3) is 2.69. The molecule has 108 valence electrons. The summed E-state index contributed by atoms with van der Waals surface area (Å²) in [5.41, 5.74) is 2.23. The fourth-order valence-corrected chi connectivity index (χ4v) is 2.06. The van der Waals surface area contributed by atoms with Gasteiger partial charge in [0, 0.05) is 13.7 Å². The lowest BCUT2D eigenvalue weighted by atomic mass is 10.3. The van der Waals surface area contributed by atoms with Crippen LogP contribution in [0.25, 0.3) is 0 Å². The van der Waals surface area contributed by atoms with Gasteiger partial charge in [0.1, 0.15) is 0 Å². The molecule has 2 rings (SSSR count). The third-order valence-electron chi connectivity index (χ3n) is 2.92. The maximum Gasteiger partial charge on any atom is 0.358 e. The molecule has 2 aromatic heterocycles. The topological polar surface area (TPSA) is 95.1 Å². The number of aromatic carboxylic acids is 1. The zero-order chi connectivity index (χ0) is 14.7. The molecule has 0 saturated heterocycles. The maximum absolute atomic E-state index is 11.1. The van der Waals surface area contributed by atoms with Crippen molar-refractivity contribution in [3.8, 4) is 0 Å². The summed E-state index contributed by atoms with van der Waals surface area (Å²) >= 11 is 0. The number of rotatable bonds is 6. The van der Waals surface area contributed by atoms with E-state index in [2.05, 4.69) is 15.4 Å². The molecule has 0 fully saturated rings. The van der Waals surface area contributed by atoms with Gasteiger partial charge in [-0.1, -0.05) is 5.21 Å². The minimum atomic E-state index is -1.11. The Morgan fingerprint density at radius 1 is 1.45 bits per heavy atom. The van der Waals surface area contributed by atoms with Crippen LogP contribution in [-0.4, -0.2) is 43.0 Å². The Morgan fingerprint density at radius 2 is 2.20 bits per heavy atom. The number of methoxy groups -OCH3 is 1. The highest BCUT2D eigenvalue weighted by molar-refractivity contribution is 5.86. The first-order valence-electron chi connectivity index (χ1n) is 6.24. The van der Waals surface area contributed by atoms with Gasteiger partial charge in [-0.2, -0.15) is 5.10 Å². The van der Waals surface area contributed by atoms with Gasteiger partial charge in [0.05, 0.1) is 30.2 Å². The summed E-state index contributed by atoms with van der Waals surface area (Å²) in [4.78, 5) is 11.1. The van der Waals surface area contributed by atoms with Gasteiger partial charge >= 0.3 is 5.97 Å². The van der Waals surface area contributed by atoms with E-state index in [0.717, 1.165) is 17.9 Å². The second-order valence-corrected chi connectivity index (χ2v) is 4.37. The van der Waals surface area contributed by atoms with Crippen LogP contribution in [0.15, 0.2) is 6.07 Å². The summed E-state index contributed by atoms with van der Waals surface area (Å²) in [6, 6.07) is 1.95. The van der Waals surface area contributed by atoms with Crippen molar-refractivity contribution in [3.63, 3.8) is 0 Å². The molecule has 0 spiro atoms. The molecule has 0 aliphatic rings. The van der Waals surface area contributed by atoms with Gasteiger partial charge in [-0.25, -0.2) is 9.48 Å². The van der Waals surface area contributed by atoms with Crippen molar-refractivity contribution in [2.75, 3.05) is 7.11 Å². The van der Waals surface area contributed by atoms with E-state index in [0.29, 0.717) is 12.2 Å². The van der Waals surface area contributed by atoms with E-state index in [4.69, 9.17) is 9.84 Å². The fourth-order valence-electron chi connectivity index (χ4n) is 2.06. The highest BCUT2D eigenvalue weighted by Gasteiger charge is 2.19. The Balaban J connectivity index is 2.35. The number of aryl methyl sites for hydroxylation is 2. The zero-order valence-corrected chi connectivity index (χ0v) is 11.7. The van der Waals surface area contributed by atoms with Crippen molar-refractivity contribution in [1.29, 1.82) is 0 Å². The van der Waals surface area contributed by atoms with Gasteiger partial charge in [-0.15, -0.1) is 5.10 Å². The second-order valence-electron chi connectivity index (χ2n) is 4.37. The van der Waals surface area contributed by atoms with Crippen molar-refractivity contribution in [2.45, 2.75) is 33.5 Å². The van der Waals surface area contributed by atoms with E-state index in [9.17, 15) is 4.79 Å². The molecule has 0 aromatic carbocycles. The minimum Gasteiger partial charge on any atom is -0.476 e. The predicted molar refractivity (Wildman–Crippen MR) is 69.4 cm³/mol. The lowest BCUT2D eigenvalue weighted by molar-refractivity contribution is 0.0684. The average Bonchev–Trinajstić information content (AvgIpc) is 2.95. The third-order valence-corrected chi connectivity index (χ3v) is 2.92. The molecule has 8 nitrogen and oxygen atoms in total. The molecule has 1 N–H and O–H groups in total. The number of aromatic nitrogens is 5. The summed E-state index contributed by atoms with van der Waals surface area (Å²) in [6.07, 6.45) is 0. The van der Waals surface area contributed by atoms with E-state index >= 15 is 0 Å². The number of carbonyl (C=O) groups is 1. The lowest BCUT2D eigenvalue weighted by Crippen LogP contribution is -2.13. The van der Waals surface area contributed by atoms with E-state index < -0.39 is 5.97 Å². The van der Waals surface area contributed by atoms with Crippen LogP contribution in [0.2, 0.25) is 0 Å². The number of nitrogens with zero attached hydrogens (tertiary/aromatic N) is 5. The SMILES string of the molecule is CCn1nc(C)cc1Cn1nnc(C(=O)O)c1COC. The lowest BCUT2D eigenvalue weighted by Gasteiger charge is -2.07. The molecule has 0 unspecified atom stereocenters. The Morgan fingerprint density at radius 3 is 2.80 bits per heavy atom. The van der Waals surface area contributed by atoms with Crippen LogP contribution < -0.4 is 0 Å². The Bertz CT molecular complexity index is 617. The quantitative estimate of drug-likeness (QED) is 0.836. The first-order chi connectivity index (χ1) is 9.56. The Hall–Kier alpha value is -2.22. The van der Waals surface area contributed by atoms with Crippen molar-refractivity contribution in [2.24, 2.45) is 0 Å². The van der Waals surface area contributed by atoms with Crippen molar-refractivity contribution in [3.05, 3.63) is 28.8 Å². The normalized spacial score (nSPS) is 10.9. The molecule has 8 heteroatoms.